The molecule has 2 nitrogen and oxygen atoms in total. The van der Waals surface area contributed by atoms with Crippen molar-refractivity contribution < 1.29 is 4.39 Å². The average molecular weight is 294 g/mol. The normalized spacial score (nSPS) is 12.1. The summed E-state index contributed by atoms with van der Waals surface area (Å²) in [4.78, 5) is 2.33. The van der Waals surface area contributed by atoms with Gasteiger partial charge in [0.15, 0.2) is 0 Å². The number of rotatable bonds is 8. The Hall–Kier alpha value is -0.930. The first kappa shape index (κ1) is 18.1. The van der Waals surface area contributed by atoms with Crippen LogP contribution in [0.15, 0.2) is 18.2 Å². The zero-order valence-corrected chi connectivity index (χ0v) is 14.3. The maximum atomic E-state index is 14.0. The van der Waals surface area contributed by atoms with E-state index in [0.717, 1.165) is 43.6 Å². The minimum absolute atomic E-state index is 0.0744. The summed E-state index contributed by atoms with van der Waals surface area (Å²) < 4.78 is 14.0. The van der Waals surface area contributed by atoms with Gasteiger partial charge in [0, 0.05) is 24.2 Å². The molecular weight excluding hydrogens is 263 g/mol. The van der Waals surface area contributed by atoms with E-state index in [-0.39, 0.29) is 11.4 Å². The predicted molar refractivity (Wildman–Crippen MR) is 88.9 cm³/mol. The monoisotopic (exact) mass is 294 g/mol. The summed E-state index contributed by atoms with van der Waals surface area (Å²) in [5.41, 5.74) is 2.03. The first-order valence-corrected chi connectivity index (χ1v) is 8.10. The smallest absolute Gasteiger partial charge is 0.127 e. The molecule has 21 heavy (non-hydrogen) atoms. The molecule has 1 aromatic rings. The molecular formula is C18H31FN2. The highest BCUT2D eigenvalue weighted by Gasteiger charge is 2.11. The quantitative estimate of drug-likeness (QED) is 0.767. The van der Waals surface area contributed by atoms with Crippen LogP contribution in [0.3, 0.4) is 0 Å². The fraction of sp³-hybridized carbons (Fsp3) is 0.667. The highest BCUT2D eigenvalue weighted by Crippen LogP contribution is 2.15. The maximum absolute atomic E-state index is 14.0. The molecule has 0 radical (unpaired) electrons. The Morgan fingerprint density at radius 2 is 1.71 bits per heavy atom. The molecule has 0 saturated carbocycles. The van der Waals surface area contributed by atoms with Gasteiger partial charge in [0.05, 0.1) is 0 Å². The van der Waals surface area contributed by atoms with E-state index in [0.29, 0.717) is 6.54 Å². The number of hydrogen-bond donors (Lipinski definition) is 1. The van der Waals surface area contributed by atoms with Gasteiger partial charge in [-0.3, -0.25) is 4.90 Å². The Balaban J connectivity index is 2.76. The summed E-state index contributed by atoms with van der Waals surface area (Å²) >= 11 is 0. The topological polar surface area (TPSA) is 15.3 Å². The van der Waals surface area contributed by atoms with Gasteiger partial charge >= 0.3 is 0 Å². The third kappa shape index (κ3) is 7.05. The average Bonchev–Trinajstić information content (AvgIpc) is 2.39. The molecule has 0 unspecified atom stereocenters. The standard InChI is InChI=1S/C18H31FN2/c1-6-10-21(11-7-2)14-16-12-15(8-9-17(16)19)13-20-18(3,4)5/h8-9,12,20H,6-7,10-11,13-14H2,1-5H3. The van der Waals surface area contributed by atoms with Gasteiger partial charge in [0.25, 0.3) is 0 Å². The Kier molecular flexibility index (Phi) is 7.33. The molecule has 0 bridgehead atoms. The largest absolute Gasteiger partial charge is 0.308 e. The molecule has 0 aliphatic carbocycles. The van der Waals surface area contributed by atoms with Crippen molar-refractivity contribution in [2.75, 3.05) is 13.1 Å². The lowest BCUT2D eigenvalue weighted by atomic mass is 10.1. The van der Waals surface area contributed by atoms with Gasteiger partial charge in [0.1, 0.15) is 5.82 Å². The molecule has 0 spiro atoms. The minimum Gasteiger partial charge on any atom is -0.308 e. The second-order valence-corrected chi connectivity index (χ2v) is 6.81. The molecule has 0 fully saturated rings. The number of halogens is 1. The molecule has 120 valence electrons. The molecule has 1 rings (SSSR count). The van der Waals surface area contributed by atoms with Gasteiger partial charge in [-0.15, -0.1) is 0 Å². The molecule has 0 saturated heterocycles. The van der Waals surface area contributed by atoms with Crippen molar-refractivity contribution in [1.82, 2.24) is 10.2 Å². The highest BCUT2D eigenvalue weighted by atomic mass is 19.1. The third-order valence-electron chi connectivity index (χ3n) is 3.41. The van der Waals surface area contributed by atoms with Crippen LogP contribution in [-0.4, -0.2) is 23.5 Å². The van der Waals surface area contributed by atoms with E-state index in [1.807, 2.05) is 12.1 Å². The van der Waals surface area contributed by atoms with E-state index < -0.39 is 0 Å². The molecule has 0 amide bonds. The van der Waals surface area contributed by atoms with Gasteiger partial charge in [-0.1, -0.05) is 26.0 Å². The SMILES string of the molecule is CCCN(CCC)Cc1cc(CNC(C)(C)C)ccc1F. The third-order valence-corrected chi connectivity index (χ3v) is 3.41. The van der Waals surface area contributed by atoms with Crippen LogP contribution in [0.2, 0.25) is 0 Å². The summed E-state index contributed by atoms with van der Waals surface area (Å²) in [7, 11) is 0. The number of nitrogens with zero attached hydrogens (tertiary/aromatic N) is 1. The Bertz CT molecular complexity index is 418. The zero-order valence-electron chi connectivity index (χ0n) is 14.3. The summed E-state index contributed by atoms with van der Waals surface area (Å²) in [6.45, 7) is 14.3. The maximum Gasteiger partial charge on any atom is 0.127 e. The first-order chi connectivity index (χ1) is 9.85. The van der Waals surface area contributed by atoms with E-state index in [1.165, 1.54) is 0 Å². The minimum atomic E-state index is -0.0910. The fourth-order valence-electron chi connectivity index (χ4n) is 2.37. The van der Waals surface area contributed by atoms with Crippen molar-refractivity contribution in [3.63, 3.8) is 0 Å². The highest BCUT2D eigenvalue weighted by molar-refractivity contribution is 5.25. The van der Waals surface area contributed by atoms with Crippen molar-refractivity contribution >= 4 is 0 Å². The van der Waals surface area contributed by atoms with Gasteiger partial charge in [0.2, 0.25) is 0 Å². The van der Waals surface area contributed by atoms with Crippen LogP contribution >= 0.6 is 0 Å². The predicted octanol–water partition coefficient (Wildman–Crippen LogP) is 4.34. The summed E-state index contributed by atoms with van der Waals surface area (Å²) in [6, 6.07) is 5.49. The van der Waals surface area contributed by atoms with Crippen molar-refractivity contribution in [3.8, 4) is 0 Å². The lowest BCUT2D eigenvalue weighted by Crippen LogP contribution is -2.35. The van der Waals surface area contributed by atoms with E-state index in [2.05, 4.69) is 44.8 Å². The zero-order chi connectivity index (χ0) is 15.9. The molecule has 3 heteroatoms. The summed E-state index contributed by atoms with van der Waals surface area (Å²) in [5.74, 6) is -0.0910. The van der Waals surface area contributed by atoms with Gasteiger partial charge < -0.3 is 5.32 Å². The second kappa shape index (κ2) is 8.50. The van der Waals surface area contributed by atoms with Crippen LogP contribution in [0.4, 0.5) is 4.39 Å². The van der Waals surface area contributed by atoms with Crippen molar-refractivity contribution in [1.29, 1.82) is 0 Å². The second-order valence-electron chi connectivity index (χ2n) is 6.81. The molecule has 0 aliphatic heterocycles. The van der Waals surface area contributed by atoms with Crippen LogP contribution in [0, 0.1) is 5.82 Å². The van der Waals surface area contributed by atoms with Gasteiger partial charge in [-0.05, 0) is 58.3 Å². The number of nitrogens with one attached hydrogen (secondary N) is 1. The summed E-state index contributed by atoms with van der Waals surface area (Å²) in [6.07, 6.45) is 2.21. The van der Waals surface area contributed by atoms with Gasteiger partial charge in [-0.25, -0.2) is 4.39 Å². The van der Waals surface area contributed by atoms with Gasteiger partial charge in [-0.2, -0.15) is 0 Å². The van der Waals surface area contributed by atoms with E-state index >= 15 is 0 Å². The first-order valence-electron chi connectivity index (χ1n) is 8.10. The Labute approximate surface area is 129 Å². The van der Waals surface area contributed by atoms with E-state index in [4.69, 9.17) is 0 Å². The number of hydrogen-bond acceptors (Lipinski definition) is 2. The van der Waals surface area contributed by atoms with Crippen LogP contribution in [-0.2, 0) is 13.1 Å². The molecule has 1 N–H and O–H groups in total. The van der Waals surface area contributed by atoms with Crippen LogP contribution < -0.4 is 5.32 Å². The molecule has 1 aromatic carbocycles. The van der Waals surface area contributed by atoms with Crippen molar-refractivity contribution in [2.24, 2.45) is 0 Å². The van der Waals surface area contributed by atoms with Crippen LogP contribution in [0.25, 0.3) is 0 Å². The van der Waals surface area contributed by atoms with E-state index in [1.54, 1.807) is 6.07 Å². The summed E-state index contributed by atoms with van der Waals surface area (Å²) in [5, 5.41) is 3.45. The van der Waals surface area contributed by atoms with Crippen LogP contribution in [0.1, 0.15) is 58.6 Å². The Morgan fingerprint density at radius 1 is 1.10 bits per heavy atom. The molecule has 0 aliphatic rings. The van der Waals surface area contributed by atoms with Crippen LogP contribution in [0.5, 0.6) is 0 Å². The molecule has 0 aromatic heterocycles. The molecule has 0 heterocycles. The fourth-order valence-corrected chi connectivity index (χ4v) is 2.37. The lowest BCUT2D eigenvalue weighted by Gasteiger charge is -2.23. The molecule has 0 atom stereocenters. The van der Waals surface area contributed by atoms with E-state index in [9.17, 15) is 4.39 Å². The Morgan fingerprint density at radius 3 is 2.24 bits per heavy atom. The van der Waals surface area contributed by atoms with Crippen molar-refractivity contribution in [2.45, 2.75) is 66.1 Å². The lowest BCUT2D eigenvalue weighted by molar-refractivity contribution is 0.262. The van der Waals surface area contributed by atoms with Crippen molar-refractivity contribution in [3.05, 3.63) is 35.1 Å². The number of benzene rings is 1.